The number of allylic oxidation sites excluding steroid dienone is 4. The van der Waals surface area contributed by atoms with Crippen LogP contribution >= 0.6 is 11.8 Å². The van der Waals surface area contributed by atoms with Gasteiger partial charge in [-0.25, -0.2) is 9.18 Å². The SMILES string of the molecule is CSC1=CC=C(Nc2c3c(=O)n(C4CC4)c(=O)n(-c4cccc(NC(C)=O)c4)c3c(C)c(=O)n2C)C(C)(F)C1. The lowest BCUT2D eigenvalue weighted by Crippen LogP contribution is -2.41. The van der Waals surface area contributed by atoms with Crippen molar-refractivity contribution in [1.82, 2.24) is 13.7 Å². The number of anilines is 2. The van der Waals surface area contributed by atoms with Crippen LogP contribution < -0.4 is 27.4 Å². The third kappa shape index (κ3) is 4.64. The normalized spacial score (nSPS) is 19.0. The van der Waals surface area contributed by atoms with Gasteiger partial charge in [0, 0.05) is 37.7 Å². The summed E-state index contributed by atoms with van der Waals surface area (Å²) in [5.74, 6) is -0.166. The molecule has 1 unspecified atom stereocenters. The Morgan fingerprint density at radius 2 is 1.87 bits per heavy atom. The average molecular weight is 552 g/mol. The Kier molecular flexibility index (Phi) is 6.66. The number of hydrogen-bond acceptors (Lipinski definition) is 6. The summed E-state index contributed by atoms with van der Waals surface area (Å²) in [5, 5.41) is 5.89. The highest BCUT2D eigenvalue weighted by Gasteiger charge is 2.35. The van der Waals surface area contributed by atoms with Crippen molar-refractivity contribution in [1.29, 1.82) is 0 Å². The summed E-state index contributed by atoms with van der Waals surface area (Å²) in [5.41, 5.74) is -1.91. The van der Waals surface area contributed by atoms with Crippen molar-refractivity contribution in [3.05, 3.63) is 83.8 Å². The number of pyridine rings is 1. The fraction of sp³-hybridized carbons (Fsp3) is 0.357. The van der Waals surface area contributed by atoms with Gasteiger partial charge in [-0.1, -0.05) is 12.1 Å². The Hall–Kier alpha value is -3.86. The zero-order valence-corrected chi connectivity index (χ0v) is 23.2. The van der Waals surface area contributed by atoms with Crippen LogP contribution in [0.25, 0.3) is 16.6 Å². The molecule has 2 aliphatic carbocycles. The van der Waals surface area contributed by atoms with E-state index in [2.05, 4.69) is 10.6 Å². The second-order valence-electron chi connectivity index (χ2n) is 10.2. The van der Waals surface area contributed by atoms with Gasteiger partial charge in [-0.3, -0.25) is 28.1 Å². The van der Waals surface area contributed by atoms with E-state index in [0.29, 0.717) is 24.2 Å². The monoisotopic (exact) mass is 551 g/mol. The van der Waals surface area contributed by atoms with E-state index < -0.39 is 22.5 Å². The van der Waals surface area contributed by atoms with Crippen LogP contribution in [0.5, 0.6) is 0 Å². The predicted octanol–water partition coefficient (Wildman–Crippen LogP) is 4.13. The Labute approximate surface area is 228 Å². The highest BCUT2D eigenvalue weighted by atomic mass is 32.2. The molecule has 0 radical (unpaired) electrons. The molecule has 1 saturated carbocycles. The summed E-state index contributed by atoms with van der Waals surface area (Å²) in [7, 11) is 1.52. The molecule has 2 N–H and O–H groups in total. The molecule has 2 aliphatic rings. The highest BCUT2D eigenvalue weighted by Crippen LogP contribution is 2.38. The second kappa shape index (κ2) is 9.71. The summed E-state index contributed by atoms with van der Waals surface area (Å²) >= 11 is 1.46. The van der Waals surface area contributed by atoms with Gasteiger partial charge >= 0.3 is 5.69 Å². The fourth-order valence-electron chi connectivity index (χ4n) is 5.05. The largest absolute Gasteiger partial charge is 0.342 e. The number of aromatic nitrogens is 3. The molecule has 39 heavy (non-hydrogen) atoms. The molecule has 204 valence electrons. The molecule has 0 aliphatic heterocycles. The number of thioether (sulfide) groups is 1. The summed E-state index contributed by atoms with van der Waals surface area (Å²) in [6.07, 6.45) is 6.82. The number of benzene rings is 1. The maximum Gasteiger partial charge on any atom is 0.336 e. The Morgan fingerprint density at radius 3 is 2.49 bits per heavy atom. The maximum atomic E-state index is 15.8. The van der Waals surface area contributed by atoms with Gasteiger partial charge in [0.25, 0.3) is 11.1 Å². The number of alkyl halides is 1. The Bertz CT molecular complexity index is 1780. The van der Waals surface area contributed by atoms with Crippen molar-refractivity contribution in [2.24, 2.45) is 7.05 Å². The minimum absolute atomic E-state index is 0.113. The summed E-state index contributed by atoms with van der Waals surface area (Å²) < 4.78 is 19.7. The van der Waals surface area contributed by atoms with Gasteiger partial charge < -0.3 is 10.6 Å². The molecule has 1 amide bonds. The van der Waals surface area contributed by atoms with Crippen molar-refractivity contribution in [3.63, 3.8) is 0 Å². The van der Waals surface area contributed by atoms with Gasteiger partial charge in [-0.15, -0.1) is 11.8 Å². The molecular weight excluding hydrogens is 521 g/mol. The van der Waals surface area contributed by atoms with Crippen molar-refractivity contribution in [2.75, 3.05) is 16.9 Å². The lowest BCUT2D eigenvalue weighted by Gasteiger charge is -2.30. The van der Waals surface area contributed by atoms with E-state index in [1.54, 1.807) is 37.3 Å². The number of halogens is 1. The molecule has 2 aromatic heterocycles. The molecule has 0 bridgehead atoms. The van der Waals surface area contributed by atoms with Crippen LogP contribution in [0.2, 0.25) is 0 Å². The summed E-state index contributed by atoms with van der Waals surface area (Å²) in [4.78, 5) is 53.9. The van der Waals surface area contributed by atoms with Crippen LogP contribution in [-0.2, 0) is 11.8 Å². The number of aryl methyl sites for hydroxylation is 1. The first-order valence-electron chi connectivity index (χ1n) is 12.6. The molecule has 9 nitrogen and oxygen atoms in total. The quantitative estimate of drug-likeness (QED) is 0.477. The van der Waals surface area contributed by atoms with Gasteiger partial charge in [0.15, 0.2) is 5.67 Å². The molecule has 1 aromatic carbocycles. The zero-order chi connectivity index (χ0) is 28.2. The molecular formula is C28H30FN5O4S. The Morgan fingerprint density at radius 1 is 1.15 bits per heavy atom. The molecule has 1 fully saturated rings. The molecule has 5 rings (SSSR count). The van der Waals surface area contributed by atoms with Crippen LogP contribution in [0.3, 0.4) is 0 Å². The first kappa shape index (κ1) is 26.7. The molecule has 0 spiro atoms. The van der Waals surface area contributed by atoms with E-state index in [0.717, 1.165) is 4.91 Å². The zero-order valence-electron chi connectivity index (χ0n) is 22.4. The van der Waals surface area contributed by atoms with E-state index in [9.17, 15) is 19.2 Å². The number of carbonyl (C=O) groups is 1. The minimum Gasteiger partial charge on any atom is -0.342 e. The average Bonchev–Trinajstić information content (AvgIpc) is 3.71. The second-order valence-corrected chi connectivity index (χ2v) is 11.2. The number of fused-ring (bicyclic) bond motifs is 1. The lowest BCUT2D eigenvalue weighted by molar-refractivity contribution is -0.114. The molecule has 11 heteroatoms. The summed E-state index contributed by atoms with van der Waals surface area (Å²) in [6, 6.07) is 6.39. The third-order valence-corrected chi connectivity index (χ3v) is 8.00. The molecule has 0 saturated heterocycles. The summed E-state index contributed by atoms with van der Waals surface area (Å²) in [6.45, 7) is 4.40. The van der Waals surface area contributed by atoms with Crippen LogP contribution in [-0.4, -0.2) is 31.5 Å². The van der Waals surface area contributed by atoms with Crippen LogP contribution in [0, 0.1) is 6.92 Å². The van der Waals surface area contributed by atoms with Gasteiger partial charge in [-0.05, 0) is 62.1 Å². The maximum absolute atomic E-state index is 15.8. The topological polar surface area (TPSA) is 107 Å². The number of hydrogen-bond donors (Lipinski definition) is 2. The number of nitrogens with zero attached hydrogens (tertiary/aromatic N) is 3. The third-order valence-electron chi connectivity index (χ3n) is 7.20. The molecule has 2 heterocycles. The number of amides is 1. The van der Waals surface area contributed by atoms with Gasteiger partial charge in [0.1, 0.15) is 11.2 Å². The van der Waals surface area contributed by atoms with Crippen molar-refractivity contribution in [2.45, 2.75) is 51.7 Å². The minimum atomic E-state index is -1.77. The lowest BCUT2D eigenvalue weighted by atomic mass is 9.95. The van der Waals surface area contributed by atoms with Crippen molar-refractivity contribution in [3.8, 4) is 5.69 Å². The van der Waals surface area contributed by atoms with Gasteiger partial charge in [0.2, 0.25) is 5.91 Å². The first-order chi connectivity index (χ1) is 18.4. The molecule has 1 atom stereocenters. The van der Waals surface area contributed by atoms with Crippen molar-refractivity contribution >= 4 is 40.1 Å². The van der Waals surface area contributed by atoms with Crippen LogP contribution in [0.1, 0.15) is 44.7 Å². The van der Waals surface area contributed by atoms with Crippen LogP contribution in [0.4, 0.5) is 15.9 Å². The van der Waals surface area contributed by atoms with Crippen molar-refractivity contribution < 1.29 is 9.18 Å². The smallest absolute Gasteiger partial charge is 0.336 e. The highest BCUT2D eigenvalue weighted by molar-refractivity contribution is 8.02. The van der Waals surface area contributed by atoms with E-state index in [1.165, 1.54) is 46.4 Å². The standard InChI is InChI=1S/C28H30FN5O4S/c1-15-23-22(24(32(4)25(15)36)31-21-12-11-20(39-5)14-28(21,3)29)26(37)34(18-9-10-18)27(38)33(23)19-8-6-7-17(13-19)30-16(2)35/h6-8,11-13,18,31H,9-10,14H2,1-5H3,(H,30,35). The van der Waals surface area contributed by atoms with E-state index >= 15 is 4.39 Å². The van der Waals surface area contributed by atoms with E-state index in [-0.39, 0.29) is 46.4 Å². The fourth-order valence-corrected chi connectivity index (χ4v) is 5.67. The van der Waals surface area contributed by atoms with Gasteiger partial charge in [0.05, 0.1) is 16.9 Å². The number of carbonyl (C=O) groups excluding carboxylic acids is 1. The molecule has 3 aromatic rings. The van der Waals surface area contributed by atoms with E-state index in [1.807, 2.05) is 12.3 Å². The first-order valence-corrected chi connectivity index (χ1v) is 13.9. The van der Waals surface area contributed by atoms with E-state index in [4.69, 9.17) is 0 Å². The van der Waals surface area contributed by atoms with Crippen LogP contribution in [0.15, 0.2) is 61.4 Å². The number of rotatable bonds is 6. The predicted molar refractivity (Wildman–Crippen MR) is 154 cm³/mol. The number of nitrogens with one attached hydrogen (secondary N) is 2. The Balaban J connectivity index is 1.87. The van der Waals surface area contributed by atoms with Gasteiger partial charge in [-0.2, -0.15) is 0 Å².